The van der Waals surface area contributed by atoms with Crippen LogP contribution in [0, 0.1) is 0 Å². The number of hydrogen-bond donors (Lipinski definition) is 2. The molecule has 2 aliphatic heterocycles. The third kappa shape index (κ3) is 4.11. The largest absolute Gasteiger partial charge is 0.454 e. The van der Waals surface area contributed by atoms with Crippen molar-refractivity contribution in [1.82, 2.24) is 15.3 Å². The summed E-state index contributed by atoms with van der Waals surface area (Å²) in [4.78, 5) is 20.4. The molecule has 0 bridgehead atoms. The van der Waals surface area contributed by atoms with Gasteiger partial charge in [-0.05, 0) is 24.1 Å². The van der Waals surface area contributed by atoms with E-state index in [0.29, 0.717) is 24.7 Å². The number of amides is 1. The Morgan fingerprint density at radius 2 is 1.96 bits per heavy atom. The molecule has 0 radical (unpaired) electrons. The number of aromatic nitrogens is 2. The van der Waals surface area contributed by atoms with Gasteiger partial charge in [-0.3, -0.25) is 4.79 Å². The molecule has 1 aromatic heterocycles. The van der Waals surface area contributed by atoms with Gasteiger partial charge in [-0.2, -0.15) is 0 Å². The summed E-state index contributed by atoms with van der Waals surface area (Å²) in [5, 5.41) is 5.78. The van der Waals surface area contributed by atoms with E-state index in [4.69, 9.17) is 9.47 Å². The number of ether oxygens (including phenoxy) is 2. The Balaban J connectivity index is 1.33. The first-order valence-electron chi connectivity index (χ1n) is 8.44. The Kier molecular flexibility index (Phi) is 4.56. The fourth-order valence-electron chi connectivity index (χ4n) is 2.95. The van der Waals surface area contributed by atoms with Gasteiger partial charge >= 0.3 is 0 Å². The van der Waals surface area contributed by atoms with Crippen LogP contribution in [-0.4, -0.2) is 48.6 Å². The minimum absolute atomic E-state index is 0.0191. The predicted molar refractivity (Wildman–Crippen MR) is 96.4 cm³/mol. The summed E-state index contributed by atoms with van der Waals surface area (Å²) in [6, 6.07) is 5.29. The van der Waals surface area contributed by atoms with Crippen LogP contribution in [0.5, 0.6) is 11.5 Å². The number of benzene rings is 1. The first-order valence-corrected chi connectivity index (χ1v) is 10.3. The Labute approximate surface area is 156 Å². The van der Waals surface area contributed by atoms with Crippen molar-refractivity contribution in [3.05, 3.63) is 41.7 Å². The van der Waals surface area contributed by atoms with Crippen LogP contribution in [0.25, 0.3) is 0 Å². The second-order valence-corrected chi connectivity index (χ2v) is 8.64. The van der Waals surface area contributed by atoms with Crippen LogP contribution in [0.3, 0.4) is 0 Å². The Morgan fingerprint density at radius 3 is 2.70 bits per heavy atom. The number of anilines is 1. The van der Waals surface area contributed by atoms with E-state index < -0.39 is 9.84 Å². The Morgan fingerprint density at radius 1 is 1.19 bits per heavy atom. The van der Waals surface area contributed by atoms with Gasteiger partial charge in [-0.1, -0.05) is 6.07 Å². The number of nitrogens with zero attached hydrogens (tertiary/aromatic N) is 2. The molecule has 3 heterocycles. The molecule has 1 fully saturated rings. The molecule has 1 atom stereocenters. The molecule has 1 amide bonds. The molecular formula is C17H18N4O5S. The van der Waals surface area contributed by atoms with Crippen molar-refractivity contribution in [1.29, 1.82) is 0 Å². The van der Waals surface area contributed by atoms with Crippen LogP contribution in [0.2, 0.25) is 0 Å². The zero-order valence-electron chi connectivity index (χ0n) is 14.3. The first-order chi connectivity index (χ1) is 13.0. The monoisotopic (exact) mass is 390 g/mol. The third-order valence-electron chi connectivity index (χ3n) is 4.37. The highest BCUT2D eigenvalue weighted by atomic mass is 32.2. The van der Waals surface area contributed by atoms with Crippen molar-refractivity contribution in [2.24, 2.45) is 0 Å². The molecule has 1 unspecified atom stereocenters. The molecule has 10 heteroatoms. The van der Waals surface area contributed by atoms with Gasteiger partial charge in [0.25, 0.3) is 5.91 Å². The smallest absolute Gasteiger partial charge is 0.254 e. The minimum Gasteiger partial charge on any atom is -0.454 e. The molecule has 2 aliphatic rings. The van der Waals surface area contributed by atoms with Gasteiger partial charge in [0, 0.05) is 25.0 Å². The average Bonchev–Trinajstić information content (AvgIpc) is 3.25. The van der Waals surface area contributed by atoms with Gasteiger partial charge in [0.05, 0.1) is 17.1 Å². The summed E-state index contributed by atoms with van der Waals surface area (Å²) in [6.45, 7) is 0.716. The van der Waals surface area contributed by atoms with Gasteiger partial charge in [0.15, 0.2) is 21.3 Å². The van der Waals surface area contributed by atoms with Crippen LogP contribution < -0.4 is 20.1 Å². The van der Waals surface area contributed by atoms with E-state index in [2.05, 4.69) is 20.6 Å². The molecule has 2 aromatic rings. The number of sulfone groups is 1. The third-order valence-corrected chi connectivity index (χ3v) is 6.14. The summed E-state index contributed by atoms with van der Waals surface area (Å²) in [6.07, 6.45) is 3.26. The van der Waals surface area contributed by atoms with Crippen LogP contribution in [-0.2, 0) is 16.4 Å². The SMILES string of the molecule is O=C(NC1CCS(=O)(=O)C1)c1cnc(NCc2ccc3c(c2)OCO3)nc1. The first kappa shape index (κ1) is 17.5. The molecule has 2 N–H and O–H groups in total. The molecule has 1 saturated heterocycles. The number of carbonyl (C=O) groups is 1. The lowest BCUT2D eigenvalue weighted by Gasteiger charge is -2.11. The van der Waals surface area contributed by atoms with Crippen molar-refractivity contribution < 1.29 is 22.7 Å². The highest BCUT2D eigenvalue weighted by Crippen LogP contribution is 2.32. The van der Waals surface area contributed by atoms with Crippen molar-refractivity contribution in [2.45, 2.75) is 19.0 Å². The van der Waals surface area contributed by atoms with Gasteiger partial charge in [-0.15, -0.1) is 0 Å². The van der Waals surface area contributed by atoms with Crippen LogP contribution in [0.1, 0.15) is 22.3 Å². The summed E-state index contributed by atoms with van der Waals surface area (Å²) in [7, 11) is -3.04. The molecule has 9 nitrogen and oxygen atoms in total. The molecular weight excluding hydrogens is 372 g/mol. The van der Waals surface area contributed by atoms with E-state index in [1.54, 1.807) is 0 Å². The maximum absolute atomic E-state index is 12.2. The number of rotatable bonds is 5. The Bertz CT molecular complexity index is 962. The van der Waals surface area contributed by atoms with Crippen LogP contribution in [0.4, 0.5) is 5.95 Å². The zero-order chi connectivity index (χ0) is 18.9. The predicted octanol–water partition coefficient (Wildman–Crippen LogP) is 0.734. The average molecular weight is 390 g/mol. The molecule has 1 aromatic carbocycles. The molecule has 27 heavy (non-hydrogen) atoms. The van der Waals surface area contributed by atoms with Crippen LogP contribution in [0.15, 0.2) is 30.6 Å². The molecule has 0 saturated carbocycles. The number of fused-ring (bicyclic) bond motifs is 1. The Hall–Kier alpha value is -2.88. The highest BCUT2D eigenvalue weighted by molar-refractivity contribution is 7.91. The van der Waals surface area contributed by atoms with Crippen molar-refractivity contribution in [3.8, 4) is 11.5 Å². The van der Waals surface area contributed by atoms with Gasteiger partial charge < -0.3 is 20.1 Å². The van der Waals surface area contributed by atoms with E-state index in [9.17, 15) is 13.2 Å². The van der Waals surface area contributed by atoms with Crippen molar-refractivity contribution >= 4 is 21.7 Å². The zero-order valence-corrected chi connectivity index (χ0v) is 15.2. The molecule has 0 aliphatic carbocycles. The topological polar surface area (TPSA) is 120 Å². The van der Waals surface area contributed by atoms with Gasteiger partial charge in [-0.25, -0.2) is 18.4 Å². The fourth-order valence-corrected chi connectivity index (χ4v) is 4.62. The van der Waals surface area contributed by atoms with Crippen molar-refractivity contribution in [2.75, 3.05) is 23.6 Å². The van der Waals surface area contributed by atoms with Crippen molar-refractivity contribution in [3.63, 3.8) is 0 Å². The van der Waals surface area contributed by atoms with Crippen LogP contribution >= 0.6 is 0 Å². The van der Waals surface area contributed by atoms with E-state index in [0.717, 1.165) is 11.3 Å². The number of carbonyl (C=O) groups excluding carboxylic acids is 1. The van der Waals surface area contributed by atoms with Gasteiger partial charge in [0.2, 0.25) is 12.7 Å². The maximum Gasteiger partial charge on any atom is 0.254 e. The highest BCUT2D eigenvalue weighted by Gasteiger charge is 2.29. The van der Waals surface area contributed by atoms with E-state index in [-0.39, 0.29) is 35.8 Å². The lowest BCUT2D eigenvalue weighted by molar-refractivity contribution is 0.0940. The van der Waals surface area contributed by atoms with Gasteiger partial charge in [0.1, 0.15) is 0 Å². The fraction of sp³-hybridized carbons (Fsp3) is 0.353. The maximum atomic E-state index is 12.2. The lowest BCUT2D eigenvalue weighted by Crippen LogP contribution is -2.35. The van der Waals surface area contributed by atoms with E-state index >= 15 is 0 Å². The lowest BCUT2D eigenvalue weighted by atomic mass is 10.2. The van der Waals surface area contributed by atoms with E-state index in [1.807, 2.05) is 18.2 Å². The number of hydrogen-bond acceptors (Lipinski definition) is 8. The molecule has 0 spiro atoms. The minimum atomic E-state index is -3.04. The standard InChI is InChI=1S/C17H18N4O5S/c22-16(21-13-3-4-27(23,24)9-13)12-7-19-17(20-8-12)18-6-11-1-2-14-15(5-11)26-10-25-14/h1-2,5,7-8,13H,3-4,6,9-10H2,(H,21,22)(H,18,19,20). The summed E-state index contributed by atoms with van der Waals surface area (Å²) < 4.78 is 33.5. The number of nitrogens with one attached hydrogen (secondary N) is 2. The summed E-state index contributed by atoms with van der Waals surface area (Å²) >= 11 is 0. The quantitative estimate of drug-likeness (QED) is 0.767. The molecule has 142 valence electrons. The summed E-state index contributed by atoms with van der Waals surface area (Å²) in [5.74, 6) is 1.52. The second kappa shape index (κ2) is 7.03. The van der Waals surface area contributed by atoms with E-state index in [1.165, 1.54) is 12.4 Å². The summed E-state index contributed by atoms with van der Waals surface area (Å²) in [5.41, 5.74) is 1.26. The molecule has 4 rings (SSSR count). The normalized spacial score (nSPS) is 19.6. The second-order valence-electron chi connectivity index (χ2n) is 6.41.